The predicted molar refractivity (Wildman–Crippen MR) is 99.3 cm³/mol. The van der Waals surface area contributed by atoms with Crippen molar-refractivity contribution >= 4 is 41.1 Å². The number of aromatic nitrogens is 2. The molecule has 0 fully saturated rings. The third-order valence-electron chi connectivity index (χ3n) is 3.35. The van der Waals surface area contributed by atoms with E-state index in [4.69, 9.17) is 16.3 Å². The number of benzene rings is 1. The molecule has 27 heavy (non-hydrogen) atoms. The average molecular weight is 393 g/mol. The number of ether oxygens (including phenoxy) is 1. The molecular weight excluding hydrogens is 376 g/mol. The first-order valence-electron chi connectivity index (χ1n) is 7.90. The molecule has 0 saturated heterocycles. The highest BCUT2D eigenvalue weighted by Gasteiger charge is 2.13. The van der Waals surface area contributed by atoms with E-state index in [0.29, 0.717) is 11.4 Å². The number of nitrogens with zero attached hydrogens (tertiary/aromatic N) is 3. The quantitative estimate of drug-likeness (QED) is 0.334. The standard InChI is InChI=1S/C17H17ClN4O5/c1-11(2)21-15(7-8-19-21)20-16(23)10-27-17(24)6-4-12-3-5-13(18)14(9-12)22(25)26/h3-9,11H,10H2,1-2H3,(H,20,23)/b6-4+. The van der Waals surface area contributed by atoms with Crippen LogP contribution in [0.3, 0.4) is 0 Å². The maximum atomic E-state index is 11.9. The van der Waals surface area contributed by atoms with Gasteiger partial charge in [0.25, 0.3) is 11.6 Å². The van der Waals surface area contributed by atoms with Crippen LogP contribution in [0.25, 0.3) is 6.08 Å². The number of rotatable bonds is 7. The van der Waals surface area contributed by atoms with Crippen molar-refractivity contribution in [3.8, 4) is 0 Å². The Hall–Kier alpha value is -3.20. The van der Waals surface area contributed by atoms with Crippen molar-refractivity contribution in [2.24, 2.45) is 0 Å². The molecule has 0 atom stereocenters. The molecule has 1 amide bonds. The van der Waals surface area contributed by atoms with Gasteiger partial charge in [-0.05, 0) is 31.6 Å². The van der Waals surface area contributed by atoms with Gasteiger partial charge in [0, 0.05) is 24.3 Å². The summed E-state index contributed by atoms with van der Waals surface area (Å²) in [6.45, 7) is 3.34. The third kappa shape index (κ3) is 5.65. The number of esters is 1. The first-order valence-corrected chi connectivity index (χ1v) is 8.28. The summed E-state index contributed by atoms with van der Waals surface area (Å²) in [5, 5.41) is 17.5. The highest BCUT2D eigenvalue weighted by atomic mass is 35.5. The van der Waals surface area contributed by atoms with Gasteiger partial charge in [-0.3, -0.25) is 14.9 Å². The van der Waals surface area contributed by atoms with Gasteiger partial charge in [0.1, 0.15) is 10.8 Å². The van der Waals surface area contributed by atoms with Crippen LogP contribution in [0.5, 0.6) is 0 Å². The second-order valence-corrected chi connectivity index (χ2v) is 6.12. The minimum atomic E-state index is -0.764. The number of hydrogen-bond acceptors (Lipinski definition) is 6. The van der Waals surface area contributed by atoms with Crippen LogP contribution in [0.15, 0.2) is 36.5 Å². The molecule has 1 aromatic carbocycles. The van der Waals surface area contributed by atoms with E-state index < -0.39 is 23.4 Å². The van der Waals surface area contributed by atoms with Crippen LogP contribution in [0.1, 0.15) is 25.5 Å². The number of carbonyl (C=O) groups is 2. The van der Waals surface area contributed by atoms with Gasteiger partial charge in [-0.2, -0.15) is 5.10 Å². The lowest BCUT2D eigenvalue weighted by Gasteiger charge is -2.11. The molecule has 0 aliphatic heterocycles. The van der Waals surface area contributed by atoms with E-state index in [1.54, 1.807) is 16.9 Å². The summed E-state index contributed by atoms with van der Waals surface area (Å²) in [5.74, 6) is -0.781. The largest absolute Gasteiger partial charge is 0.452 e. The second-order valence-electron chi connectivity index (χ2n) is 5.71. The maximum Gasteiger partial charge on any atom is 0.331 e. The summed E-state index contributed by atoms with van der Waals surface area (Å²) in [7, 11) is 0. The minimum absolute atomic E-state index is 0.00274. The van der Waals surface area contributed by atoms with Gasteiger partial charge < -0.3 is 10.1 Å². The number of nitrogens with one attached hydrogen (secondary N) is 1. The van der Waals surface area contributed by atoms with Crippen LogP contribution in [-0.2, 0) is 14.3 Å². The minimum Gasteiger partial charge on any atom is -0.452 e. The van der Waals surface area contributed by atoms with Crippen LogP contribution < -0.4 is 5.32 Å². The number of anilines is 1. The normalized spacial score (nSPS) is 11.0. The lowest BCUT2D eigenvalue weighted by molar-refractivity contribution is -0.384. The summed E-state index contributed by atoms with van der Waals surface area (Å²) in [5.41, 5.74) is 0.127. The van der Waals surface area contributed by atoms with Crippen molar-refractivity contribution in [1.82, 2.24) is 9.78 Å². The fourth-order valence-corrected chi connectivity index (χ4v) is 2.31. The van der Waals surface area contributed by atoms with E-state index in [2.05, 4.69) is 10.4 Å². The molecule has 0 bridgehead atoms. The molecule has 10 heteroatoms. The molecule has 1 aromatic heterocycles. The monoisotopic (exact) mass is 392 g/mol. The highest BCUT2D eigenvalue weighted by Crippen LogP contribution is 2.25. The summed E-state index contributed by atoms with van der Waals surface area (Å²) < 4.78 is 6.47. The number of nitro groups is 1. The zero-order valence-electron chi connectivity index (χ0n) is 14.6. The molecule has 0 unspecified atom stereocenters. The Bertz CT molecular complexity index is 891. The topological polar surface area (TPSA) is 116 Å². The van der Waals surface area contributed by atoms with Gasteiger partial charge in [-0.1, -0.05) is 17.7 Å². The SMILES string of the molecule is CC(C)n1nccc1NC(=O)COC(=O)/C=C/c1ccc(Cl)c([N+](=O)[O-])c1. The fraction of sp³-hybridized carbons (Fsp3) is 0.235. The number of nitro benzene ring substituents is 1. The Morgan fingerprint density at radius 1 is 1.41 bits per heavy atom. The third-order valence-corrected chi connectivity index (χ3v) is 3.67. The number of amides is 1. The molecule has 142 valence electrons. The molecule has 0 aliphatic carbocycles. The average Bonchev–Trinajstić information content (AvgIpc) is 3.07. The van der Waals surface area contributed by atoms with Crippen molar-refractivity contribution < 1.29 is 19.2 Å². The van der Waals surface area contributed by atoms with E-state index in [1.165, 1.54) is 24.3 Å². The van der Waals surface area contributed by atoms with Crippen LogP contribution in [0, 0.1) is 10.1 Å². The Morgan fingerprint density at radius 2 is 2.15 bits per heavy atom. The lowest BCUT2D eigenvalue weighted by Crippen LogP contribution is -2.22. The summed E-state index contributed by atoms with van der Waals surface area (Å²) in [6, 6.07) is 5.79. The fourth-order valence-electron chi connectivity index (χ4n) is 2.13. The summed E-state index contributed by atoms with van der Waals surface area (Å²) in [4.78, 5) is 33.8. The van der Waals surface area contributed by atoms with E-state index in [-0.39, 0.29) is 16.8 Å². The smallest absolute Gasteiger partial charge is 0.331 e. The van der Waals surface area contributed by atoms with Gasteiger partial charge in [0.2, 0.25) is 0 Å². The van der Waals surface area contributed by atoms with Crippen molar-refractivity contribution in [2.45, 2.75) is 19.9 Å². The first kappa shape index (κ1) is 20.1. The van der Waals surface area contributed by atoms with E-state index in [0.717, 1.165) is 6.08 Å². The van der Waals surface area contributed by atoms with Crippen LogP contribution in [0.4, 0.5) is 11.5 Å². The Morgan fingerprint density at radius 3 is 2.81 bits per heavy atom. The Labute approximate surface area is 159 Å². The second kappa shape index (κ2) is 8.95. The number of carbonyl (C=O) groups excluding carboxylic acids is 2. The van der Waals surface area contributed by atoms with Gasteiger partial charge in [-0.15, -0.1) is 0 Å². The van der Waals surface area contributed by atoms with E-state index in [1.807, 2.05) is 13.8 Å². The van der Waals surface area contributed by atoms with Crippen LogP contribution >= 0.6 is 11.6 Å². The van der Waals surface area contributed by atoms with Crippen molar-refractivity contribution in [1.29, 1.82) is 0 Å². The molecule has 0 radical (unpaired) electrons. The lowest BCUT2D eigenvalue weighted by atomic mass is 10.2. The summed E-state index contributed by atoms with van der Waals surface area (Å²) in [6.07, 6.45) is 3.95. The zero-order chi connectivity index (χ0) is 20.0. The highest BCUT2D eigenvalue weighted by molar-refractivity contribution is 6.32. The van der Waals surface area contributed by atoms with Gasteiger partial charge in [0.05, 0.1) is 11.1 Å². The molecule has 0 saturated carbocycles. The van der Waals surface area contributed by atoms with Crippen molar-refractivity contribution in [3.05, 3.63) is 57.2 Å². The zero-order valence-corrected chi connectivity index (χ0v) is 15.3. The predicted octanol–water partition coefficient (Wildman–Crippen LogP) is 3.22. The van der Waals surface area contributed by atoms with Crippen molar-refractivity contribution in [2.75, 3.05) is 11.9 Å². The number of halogens is 1. The molecule has 2 aromatic rings. The Balaban J connectivity index is 1.89. The van der Waals surface area contributed by atoms with Gasteiger partial charge in [-0.25, -0.2) is 9.48 Å². The molecule has 2 rings (SSSR count). The van der Waals surface area contributed by atoms with Crippen LogP contribution in [-0.4, -0.2) is 33.2 Å². The van der Waals surface area contributed by atoms with Crippen LogP contribution in [0.2, 0.25) is 5.02 Å². The molecule has 1 N–H and O–H groups in total. The first-order chi connectivity index (χ1) is 12.8. The van der Waals surface area contributed by atoms with Gasteiger partial charge >= 0.3 is 5.97 Å². The molecule has 0 spiro atoms. The molecular formula is C17H17ClN4O5. The maximum absolute atomic E-state index is 11.9. The van der Waals surface area contributed by atoms with Gasteiger partial charge in [0.15, 0.2) is 6.61 Å². The number of hydrogen-bond donors (Lipinski definition) is 1. The molecule has 0 aliphatic rings. The van der Waals surface area contributed by atoms with E-state index >= 15 is 0 Å². The summed E-state index contributed by atoms with van der Waals surface area (Å²) >= 11 is 5.72. The Kier molecular flexibility index (Phi) is 6.67. The van der Waals surface area contributed by atoms with E-state index in [9.17, 15) is 19.7 Å². The molecule has 9 nitrogen and oxygen atoms in total. The molecule has 1 heterocycles. The van der Waals surface area contributed by atoms with Crippen molar-refractivity contribution in [3.63, 3.8) is 0 Å².